The average Bonchev–Trinajstić information content (AvgIpc) is 2.83. The molecule has 0 aliphatic carbocycles. The molecule has 1 amide bonds. The van der Waals surface area contributed by atoms with Crippen molar-refractivity contribution in [1.82, 2.24) is 9.21 Å². The second-order valence-electron chi connectivity index (χ2n) is 7.13. The van der Waals surface area contributed by atoms with E-state index in [0.29, 0.717) is 18.1 Å². The van der Waals surface area contributed by atoms with Gasteiger partial charge in [-0.1, -0.05) is 18.2 Å². The molecule has 2 aromatic carbocycles. The summed E-state index contributed by atoms with van der Waals surface area (Å²) in [5, 5.41) is 11.2. The molecule has 33 heavy (non-hydrogen) atoms. The second-order valence-corrected chi connectivity index (χ2v) is 9.04. The molecule has 10 nitrogen and oxygen atoms in total. The normalized spacial score (nSPS) is 14.9. The molecule has 0 saturated carbocycles. The van der Waals surface area contributed by atoms with Crippen molar-refractivity contribution < 1.29 is 27.6 Å². The molecule has 0 unspecified atom stereocenters. The van der Waals surface area contributed by atoms with E-state index in [0.717, 1.165) is 11.6 Å². The highest BCUT2D eigenvalue weighted by molar-refractivity contribution is 7.89. The molecular weight excluding hydrogens is 450 g/mol. The first-order chi connectivity index (χ1) is 15.8. The number of benzene rings is 2. The Hall–Kier alpha value is -3.44. The van der Waals surface area contributed by atoms with Gasteiger partial charge in [-0.15, -0.1) is 0 Å². The number of hydrogen-bond acceptors (Lipinski definition) is 7. The number of sulfonamides is 1. The van der Waals surface area contributed by atoms with E-state index < -0.39 is 20.6 Å². The summed E-state index contributed by atoms with van der Waals surface area (Å²) < 4.78 is 37.8. The SMILES string of the molecule is CCOc1ccc(/C=C/C(=O)N2CCN(S(=O)(=O)c3ccccc3[N+](=O)[O-])CC2)cc1OC. The second kappa shape index (κ2) is 10.5. The van der Waals surface area contributed by atoms with Gasteiger partial charge < -0.3 is 14.4 Å². The summed E-state index contributed by atoms with van der Waals surface area (Å²) in [6, 6.07) is 10.6. The minimum absolute atomic E-state index is 0.0465. The Morgan fingerprint density at radius 1 is 1.12 bits per heavy atom. The Bertz CT molecular complexity index is 1160. The average molecular weight is 476 g/mol. The summed E-state index contributed by atoms with van der Waals surface area (Å²) >= 11 is 0. The molecule has 0 radical (unpaired) electrons. The summed E-state index contributed by atoms with van der Waals surface area (Å²) in [5.74, 6) is 0.908. The Morgan fingerprint density at radius 2 is 1.82 bits per heavy atom. The van der Waals surface area contributed by atoms with Crippen molar-refractivity contribution in [3.05, 3.63) is 64.2 Å². The van der Waals surface area contributed by atoms with E-state index in [1.807, 2.05) is 6.92 Å². The lowest BCUT2D eigenvalue weighted by Gasteiger charge is -2.33. The number of nitrogens with zero attached hydrogens (tertiary/aromatic N) is 3. The molecular formula is C22H25N3O7S. The van der Waals surface area contributed by atoms with Crippen LogP contribution in [-0.2, 0) is 14.8 Å². The van der Waals surface area contributed by atoms with Crippen LogP contribution in [0, 0.1) is 10.1 Å². The number of nitro benzene ring substituents is 1. The summed E-state index contributed by atoms with van der Waals surface area (Å²) in [4.78, 5) is 24.3. The summed E-state index contributed by atoms with van der Waals surface area (Å²) in [6.45, 7) is 2.82. The van der Waals surface area contributed by atoms with Gasteiger partial charge in [0, 0.05) is 38.3 Å². The molecule has 1 heterocycles. The zero-order valence-corrected chi connectivity index (χ0v) is 19.2. The lowest BCUT2D eigenvalue weighted by Crippen LogP contribution is -2.50. The number of nitro groups is 1. The molecule has 3 rings (SSSR count). The van der Waals surface area contributed by atoms with Crippen LogP contribution in [0.2, 0.25) is 0 Å². The molecule has 1 saturated heterocycles. The number of piperazine rings is 1. The van der Waals surface area contributed by atoms with Gasteiger partial charge >= 0.3 is 0 Å². The van der Waals surface area contributed by atoms with Gasteiger partial charge in [0.2, 0.25) is 15.9 Å². The van der Waals surface area contributed by atoms with Crippen LogP contribution >= 0.6 is 0 Å². The molecule has 2 aromatic rings. The number of hydrogen-bond donors (Lipinski definition) is 0. The monoisotopic (exact) mass is 475 g/mol. The first-order valence-corrected chi connectivity index (χ1v) is 11.7. The smallest absolute Gasteiger partial charge is 0.289 e. The highest BCUT2D eigenvalue weighted by Gasteiger charge is 2.34. The molecule has 176 valence electrons. The van der Waals surface area contributed by atoms with Crippen LogP contribution < -0.4 is 9.47 Å². The zero-order chi connectivity index (χ0) is 24.0. The Balaban J connectivity index is 1.65. The number of ether oxygens (including phenoxy) is 2. The standard InChI is InChI=1S/C22H25N3O7S/c1-3-32-19-10-8-17(16-20(19)31-2)9-11-22(26)23-12-14-24(15-13-23)33(29,30)21-7-5-4-6-18(21)25(27)28/h4-11,16H,3,12-15H2,1-2H3/b11-9+. The van der Waals surface area contributed by atoms with Gasteiger partial charge in [0.05, 0.1) is 18.6 Å². The van der Waals surface area contributed by atoms with Crippen molar-refractivity contribution >= 4 is 27.7 Å². The van der Waals surface area contributed by atoms with Crippen LogP contribution in [0.5, 0.6) is 11.5 Å². The van der Waals surface area contributed by atoms with Gasteiger partial charge in [-0.25, -0.2) is 8.42 Å². The van der Waals surface area contributed by atoms with Gasteiger partial charge in [-0.3, -0.25) is 14.9 Å². The molecule has 0 aromatic heterocycles. The fourth-order valence-corrected chi connectivity index (χ4v) is 5.03. The first-order valence-electron chi connectivity index (χ1n) is 10.3. The van der Waals surface area contributed by atoms with Gasteiger partial charge in [0.25, 0.3) is 5.69 Å². The van der Waals surface area contributed by atoms with Crippen molar-refractivity contribution in [1.29, 1.82) is 0 Å². The van der Waals surface area contributed by atoms with Crippen LogP contribution in [0.1, 0.15) is 12.5 Å². The summed E-state index contributed by atoms with van der Waals surface area (Å²) in [5.41, 5.74) is 0.283. The number of carbonyl (C=O) groups is 1. The lowest BCUT2D eigenvalue weighted by atomic mass is 10.2. The quantitative estimate of drug-likeness (QED) is 0.327. The van der Waals surface area contributed by atoms with E-state index in [1.54, 1.807) is 24.3 Å². The van der Waals surface area contributed by atoms with E-state index in [4.69, 9.17) is 9.47 Å². The topological polar surface area (TPSA) is 119 Å². The Morgan fingerprint density at radius 3 is 2.45 bits per heavy atom. The largest absolute Gasteiger partial charge is 0.493 e. The van der Waals surface area contributed by atoms with Crippen molar-refractivity contribution in [3.63, 3.8) is 0 Å². The third-order valence-corrected chi connectivity index (χ3v) is 7.08. The minimum Gasteiger partial charge on any atom is -0.493 e. The van der Waals surface area contributed by atoms with E-state index in [2.05, 4.69) is 0 Å². The third-order valence-electron chi connectivity index (χ3n) is 5.14. The summed E-state index contributed by atoms with van der Waals surface area (Å²) in [6.07, 6.45) is 3.07. The van der Waals surface area contributed by atoms with E-state index in [-0.39, 0.29) is 37.0 Å². The van der Waals surface area contributed by atoms with E-state index in [1.165, 1.54) is 40.6 Å². The van der Waals surface area contributed by atoms with Crippen LogP contribution in [0.15, 0.2) is 53.4 Å². The van der Waals surface area contributed by atoms with Crippen LogP contribution in [0.3, 0.4) is 0 Å². The van der Waals surface area contributed by atoms with Crippen molar-refractivity contribution in [3.8, 4) is 11.5 Å². The number of para-hydroxylation sites is 1. The van der Waals surface area contributed by atoms with Crippen molar-refractivity contribution in [2.45, 2.75) is 11.8 Å². The maximum absolute atomic E-state index is 12.9. The third kappa shape index (κ3) is 5.49. The van der Waals surface area contributed by atoms with Gasteiger partial charge in [-0.2, -0.15) is 4.31 Å². The number of methoxy groups -OCH3 is 1. The predicted octanol–water partition coefficient (Wildman–Crippen LogP) is 2.55. The first kappa shape index (κ1) is 24.2. The maximum Gasteiger partial charge on any atom is 0.289 e. The van der Waals surface area contributed by atoms with E-state index >= 15 is 0 Å². The molecule has 0 bridgehead atoms. The lowest BCUT2D eigenvalue weighted by molar-refractivity contribution is -0.387. The van der Waals surface area contributed by atoms with Crippen LogP contribution in [0.25, 0.3) is 6.08 Å². The molecule has 11 heteroatoms. The van der Waals surface area contributed by atoms with Crippen LogP contribution in [0.4, 0.5) is 5.69 Å². The Labute approximate surface area is 192 Å². The molecule has 1 fully saturated rings. The highest BCUT2D eigenvalue weighted by atomic mass is 32.2. The van der Waals surface area contributed by atoms with Crippen LogP contribution in [-0.4, -0.2) is 68.3 Å². The highest BCUT2D eigenvalue weighted by Crippen LogP contribution is 2.29. The molecule has 0 N–H and O–H groups in total. The zero-order valence-electron chi connectivity index (χ0n) is 18.3. The van der Waals surface area contributed by atoms with Gasteiger partial charge in [0.15, 0.2) is 16.4 Å². The van der Waals surface area contributed by atoms with Gasteiger partial charge in [0.1, 0.15) is 0 Å². The molecule has 0 atom stereocenters. The fourth-order valence-electron chi connectivity index (χ4n) is 3.45. The summed E-state index contributed by atoms with van der Waals surface area (Å²) in [7, 11) is -2.51. The van der Waals surface area contributed by atoms with Gasteiger partial charge in [-0.05, 0) is 36.8 Å². The maximum atomic E-state index is 12.9. The Kier molecular flexibility index (Phi) is 7.67. The van der Waals surface area contributed by atoms with E-state index in [9.17, 15) is 23.3 Å². The predicted molar refractivity (Wildman–Crippen MR) is 122 cm³/mol. The minimum atomic E-state index is -4.05. The molecule has 1 aliphatic rings. The number of amides is 1. The molecule has 1 aliphatic heterocycles. The molecule has 0 spiro atoms. The van der Waals surface area contributed by atoms with Crippen molar-refractivity contribution in [2.24, 2.45) is 0 Å². The fraction of sp³-hybridized carbons (Fsp3) is 0.318. The number of rotatable bonds is 8. The number of carbonyl (C=O) groups excluding carboxylic acids is 1. The van der Waals surface area contributed by atoms with Crippen molar-refractivity contribution in [2.75, 3.05) is 39.9 Å².